The summed E-state index contributed by atoms with van der Waals surface area (Å²) in [6.45, 7) is -2.91. The van der Waals surface area contributed by atoms with Gasteiger partial charge in [-0.05, 0) is 0 Å². The van der Waals surface area contributed by atoms with E-state index in [1.54, 1.807) is 0 Å². The molecule has 3 saturated heterocycles. The lowest BCUT2D eigenvalue weighted by atomic mass is 9.91. The monoisotopic (exact) mass is 650 g/mol. The molecule has 12 N–H and O–H groups in total. The summed E-state index contributed by atoms with van der Waals surface area (Å²) in [5.41, 5.74) is 0. The summed E-state index contributed by atoms with van der Waals surface area (Å²) in [6.07, 6.45) is -30.9. The Balaban J connectivity index is 1.92. The Hall–Kier alpha value is -1.25. The first kappa shape index (κ1) is 37.2. The van der Waals surface area contributed by atoms with Gasteiger partial charge in [0.15, 0.2) is 12.6 Å². The minimum atomic E-state index is -2.26. The molecule has 0 bridgehead atoms. The van der Waals surface area contributed by atoms with Crippen LogP contribution in [0.2, 0.25) is 0 Å². The summed E-state index contributed by atoms with van der Waals surface area (Å²) in [7, 11) is 2.05. The Bertz CT molecular complexity index is 913. The van der Waals surface area contributed by atoms with Gasteiger partial charge in [0.1, 0.15) is 79.4 Å². The fourth-order valence-corrected chi connectivity index (χ4v) is 5.29. The lowest BCUT2D eigenvalue weighted by Gasteiger charge is -2.50. The van der Waals surface area contributed by atoms with E-state index in [1.807, 2.05) is 0 Å². The zero-order valence-corrected chi connectivity index (χ0v) is 23.7. The molecular weight excluding hydrogens is 608 g/mol. The SMILES string of the molecule is COC(=O)[C@@]1(OC)C[C@@H](O)[C@@H](O[C@H]2O[C@H]([C@H](O)CO)[C@@H](O)[C@H](O[C@H]3O[C@H]([C@H](O)CO)[C@@H](O)[C@H](O)[C@H]3O)[C@H]2O)[C@@H]([C@H](O)CO)O1. The summed E-state index contributed by atoms with van der Waals surface area (Å²) in [5, 5.41) is 123. The van der Waals surface area contributed by atoms with E-state index in [2.05, 4.69) is 4.74 Å². The molecule has 0 aliphatic carbocycles. The van der Waals surface area contributed by atoms with E-state index in [4.69, 9.17) is 28.4 Å². The third-order valence-corrected chi connectivity index (χ3v) is 7.80. The first-order valence-electron chi connectivity index (χ1n) is 13.6. The summed E-state index contributed by atoms with van der Waals surface area (Å²) < 4.78 is 37.4. The third-order valence-electron chi connectivity index (χ3n) is 7.80. The molecule has 3 aliphatic heterocycles. The summed E-state index contributed by atoms with van der Waals surface area (Å²) in [5.74, 6) is -3.36. The Morgan fingerprint density at radius 1 is 0.705 bits per heavy atom. The van der Waals surface area contributed by atoms with Crippen LogP contribution in [0.5, 0.6) is 0 Å². The van der Waals surface area contributed by atoms with Crippen molar-refractivity contribution in [3.63, 3.8) is 0 Å². The van der Waals surface area contributed by atoms with Crippen molar-refractivity contribution in [2.45, 2.75) is 110 Å². The number of rotatable bonds is 12. The van der Waals surface area contributed by atoms with E-state index in [0.29, 0.717) is 0 Å². The van der Waals surface area contributed by atoms with Crippen molar-refractivity contribution in [1.82, 2.24) is 0 Å². The highest BCUT2D eigenvalue weighted by Gasteiger charge is 2.58. The smallest absolute Gasteiger partial charge is 0.366 e. The molecule has 258 valence electrons. The lowest BCUT2D eigenvalue weighted by molar-refractivity contribution is -0.387. The number of methoxy groups -OCH3 is 2. The van der Waals surface area contributed by atoms with E-state index in [9.17, 15) is 66.1 Å². The zero-order chi connectivity index (χ0) is 33.1. The van der Waals surface area contributed by atoms with Crippen molar-refractivity contribution in [2.75, 3.05) is 34.0 Å². The number of hydrogen-bond acceptors (Lipinski definition) is 20. The molecule has 0 saturated carbocycles. The number of carbonyl (C=O) groups is 1. The highest BCUT2D eigenvalue weighted by Crippen LogP contribution is 2.37. The normalized spacial score (nSPS) is 45.4. The number of aliphatic hydroxyl groups excluding tert-OH is 12. The molecule has 3 heterocycles. The number of hydrogen-bond donors (Lipinski definition) is 12. The van der Waals surface area contributed by atoms with E-state index in [0.717, 1.165) is 14.2 Å². The van der Waals surface area contributed by atoms with Gasteiger partial charge >= 0.3 is 5.97 Å². The van der Waals surface area contributed by atoms with Crippen molar-refractivity contribution in [3.8, 4) is 0 Å². The molecule has 0 aromatic rings. The number of aliphatic hydroxyl groups is 12. The largest absolute Gasteiger partial charge is 0.465 e. The van der Waals surface area contributed by atoms with Crippen LogP contribution >= 0.6 is 0 Å². The molecular formula is C24H42O20. The highest BCUT2D eigenvalue weighted by molar-refractivity contribution is 5.78. The number of ether oxygens (including phenoxy) is 7. The Morgan fingerprint density at radius 3 is 1.68 bits per heavy atom. The van der Waals surface area contributed by atoms with Gasteiger partial charge < -0.3 is 94.4 Å². The molecule has 3 aliphatic rings. The summed E-state index contributed by atoms with van der Waals surface area (Å²) in [4.78, 5) is 12.4. The summed E-state index contributed by atoms with van der Waals surface area (Å²) >= 11 is 0. The predicted molar refractivity (Wildman–Crippen MR) is 134 cm³/mol. The summed E-state index contributed by atoms with van der Waals surface area (Å²) in [6, 6.07) is 0. The quantitative estimate of drug-likeness (QED) is 0.0872. The molecule has 3 rings (SSSR count). The lowest BCUT2D eigenvalue weighted by Crippen LogP contribution is -2.68. The third kappa shape index (κ3) is 7.33. The maximum atomic E-state index is 12.4. The topological polar surface area (TPSA) is 324 Å². The van der Waals surface area contributed by atoms with Gasteiger partial charge in [-0.2, -0.15) is 0 Å². The van der Waals surface area contributed by atoms with E-state index in [-0.39, 0.29) is 0 Å². The van der Waals surface area contributed by atoms with Crippen LogP contribution in [0.15, 0.2) is 0 Å². The van der Waals surface area contributed by atoms with Crippen LogP contribution in [0.1, 0.15) is 6.42 Å². The highest BCUT2D eigenvalue weighted by atomic mass is 16.8. The van der Waals surface area contributed by atoms with Crippen LogP contribution in [-0.4, -0.2) is 205 Å². The van der Waals surface area contributed by atoms with Crippen molar-refractivity contribution < 1.29 is 99.2 Å². The molecule has 17 atom stereocenters. The van der Waals surface area contributed by atoms with Gasteiger partial charge in [0, 0.05) is 13.5 Å². The molecule has 0 aromatic heterocycles. The molecule has 0 unspecified atom stereocenters. The van der Waals surface area contributed by atoms with Crippen molar-refractivity contribution in [3.05, 3.63) is 0 Å². The van der Waals surface area contributed by atoms with E-state index < -0.39 is 136 Å². The van der Waals surface area contributed by atoms with Crippen molar-refractivity contribution >= 4 is 5.97 Å². The standard InChI is InChI=1S/C24H42O20/c1-38-23(37)24(39-2)3-7(28)18(19(44-24)10(31)6-27)42-22-15(36)20(14(35)17(41-22)9(30)5-26)43-21-13(34)11(32)12(33)16(40-21)8(29)4-25/h7-22,25-36H,3-6H2,1-2H3/t7-,8-,9-,10-,11+,12+,13-,14-,15-,16-,17-,18-,19-,20+,21-,22-,24-/m1/s1. The van der Waals surface area contributed by atoms with E-state index in [1.165, 1.54) is 0 Å². The molecule has 0 aromatic carbocycles. The molecule has 20 nitrogen and oxygen atoms in total. The maximum absolute atomic E-state index is 12.4. The van der Waals surface area contributed by atoms with Crippen molar-refractivity contribution in [2.24, 2.45) is 0 Å². The van der Waals surface area contributed by atoms with Crippen LogP contribution in [0.4, 0.5) is 0 Å². The maximum Gasteiger partial charge on any atom is 0.366 e. The Labute approximate surface area is 250 Å². The average molecular weight is 651 g/mol. The van der Waals surface area contributed by atoms with Gasteiger partial charge in [0.05, 0.1) is 33.0 Å². The van der Waals surface area contributed by atoms with Crippen LogP contribution in [0, 0.1) is 0 Å². The molecule has 3 fully saturated rings. The average Bonchev–Trinajstić information content (AvgIpc) is 3.02. The first-order valence-corrected chi connectivity index (χ1v) is 13.6. The second-order valence-corrected chi connectivity index (χ2v) is 10.6. The van der Waals surface area contributed by atoms with Crippen molar-refractivity contribution in [1.29, 1.82) is 0 Å². The number of carbonyl (C=O) groups excluding carboxylic acids is 1. The molecule has 0 amide bonds. The Kier molecular flexibility index (Phi) is 13.2. The minimum Gasteiger partial charge on any atom is -0.465 e. The molecule has 0 spiro atoms. The van der Waals surface area contributed by atoms with Crippen LogP contribution in [-0.2, 0) is 38.0 Å². The fraction of sp³-hybridized carbons (Fsp3) is 0.958. The van der Waals surface area contributed by atoms with E-state index >= 15 is 0 Å². The molecule has 44 heavy (non-hydrogen) atoms. The number of esters is 1. The zero-order valence-electron chi connectivity index (χ0n) is 23.7. The van der Waals surface area contributed by atoms with Crippen LogP contribution < -0.4 is 0 Å². The van der Waals surface area contributed by atoms with Gasteiger partial charge in [0.25, 0.3) is 5.79 Å². The van der Waals surface area contributed by atoms with Crippen LogP contribution in [0.3, 0.4) is 0 Å². The molecule has 20 heteroatoms. The second kappa shape index (κ2) is 15.6. The van der Waals surface area contributed by atoms with Crippen LogP contribution in [0.25, 0.3) is 0 Å². The fourth-order valence-electron chi connectivity index (χ4n) is 5.29. The second-order valence-electron chi connectivity index (χ2n) is 10.6. The predicted octanol–water partition coefficient (Wildman–Crippen LogP) is -8.26. The Morgan fingerprint density at radius 2 is 1.18 bits per heavy atom. The van der Waals surface area contributed by atoms with Gasteiger partial charge in [-0.3, -0.25) is 0 Å². The first-order chi connectivity index (χ1) is 20.7. The van der Waals surface area contributed by atoms with Gasteiger partial charge in [0.2, 0.25) is 0 Å². The molecule has 0 radical (unpaired) electrons. The van der Waals surface area contributed by atoms with Gasteiger partial charge in [-0.25, -0.2) is 4.79 Å². The van der Waals surface area contributed by atoms with Gasteiger partial charge in [-0.1, -0.05) is 0 Å². The van der Waals surface area contributed by atoms with Gasteiger partial charge in [-0.15, -0.1) is 0 Å². The minimum absolute atomic E-state index is 0.652.